The van der Waals surface area contributed by atoms with Crippen LogP contribution in [0.4, 0.5) is 17.2 Å². The zero-order valence-corrected chi connectivity index (χ0v) is 10.4. The van der Waals surface area contributed by atoms with E-state index in [9.17, 15) is 0 Å². The number of benzene rings is 1. The minimum Gasteiger partial charge on any atom is -0.399 e. The van der Waals surface area contributed by atoms with E-state index in [0.29, 0.717) is 0 Å². The molecule has 3 nitrogen and oxygen atoms in total. The van der Waals surface area contributed by atoms with Gasteiger partial charge in [0.1, 0.15) is 5.82 Å². The van der Waals surface area contributed by atoms with Crippen LogP contribution in [0.1, 0.15) is 11.1 Å². The lowest BCUT2D eigenvalue weighted by atomic mass is 10.1. The number of aryl methyl sites for hydroxylation is 2. The van der Waals surface area contributed by atoms with E-state index in [-0.39, 0.29) is 0 Å². The van der Waals surface area contributed by atoms with Crippen LogP contribution < -0.4 is 10.6 Å². The van der Waals surface area contributed by atoms with Crippen LogP contribution in [0.5, 0.6) is 0 Å². The standard InChI is InChI=1S/C14H17N3/c1-10-6-11(2)8-13(7-10)17(3)14-9-12(15)4-5-16-14/h4-9H,1-3H3,(H2,15,16). The lowest BCUT2D eigenvalue weighted by Crippen LogP contribution is -2.11. The third kappa shape index (κ3) is 2.56. The first-order valence-electron chi connectivity index (χ1n) is 5.60. The zero-order valence-electron chi connectivity index (χ0n) is 10.4. The van der Waals surface area contributed by atoms with Crippen molar-refractivity contribution in [2.24, 2.45) is 0 Å². The Kier molecular flexibility index (Phi) is 3.00. The molecule has 0 amide bonds. The molecular weight excluding hydrogens is 210 g/mol. The number of rotatable bonds is 2. The molecule has 0 saturated carbocycles. The second kappa shape index (κ2) is 4.45. The average Bonchev–Trinajstić information content (AvgIpc) is 2.26. The third-order valence-corrected chi connectivity index (χ3v) is 2.71. The maximum atomic E-state index is 5.77. The summed E-state index contributed by atoms with van der Waals surface area (Å²) in [5.41, 5.74) is 10.1. The van der Waals surface area contributed by atoms with Gasteiger partial charge >= 0.3 is 0 Å². The molecule has 3 heteroatoms. The van der Waals surface area contributed by atoms with Crippen LogP contribution in [0.25, 0.3) is 0 Å². The summed E-state index contributed by atoms with van der Waals surface area (Å²) in [6, 6.07) is 10.1. The highest BCUT2D eigenvalue weighted by atomic mass is 15.2. The lowest BCUT2D eigenvalue weighted by Gasteiger charge is -2.19. The molecule has 2 N–H and O–H groups in total. The van der Waals surface area contributed by atoms with Gasteiger partial charge < -0.3 is 10.6 Å². The Hall–Kier alpha value is -2.03. The van der Waals surface area contributed by atoms with Crippen molar-refractivity contribution in [2.45, 2.75) is 13.8 Å². The first-order valence-corrected chi connectivity index (χ1v) is 5.60. The van der Waals surface area contributed by atoms with E-state index in [0.717, 1.165) is 17.2 Å². The Labute approximate surface area is 102 Å². The number of aromatic nitrogens is 1. The molecule has 0 aliphatic rings. The van der Waals surface area contributed by atoms with E-state index >= 15 is 0 Å². The van der Waals surface area contributed by atoms with Crippen LogP contribution in [-0.2, 0) is 0 Å². The molecule has 0 aliphatic carbocycles. The van der Waals surface area contributed by atoms with E-state index in [1.807, 2.05) is 18.0 Å². The second-order valence-electron chi connectivity index (χ2n) is 4.35. The van der Waals surface area contributed by atoms with Crippen molar-refractivity contribution in [3.05, 3.63) is 47.7 Å². The highest BCUT2D eigenvalue weighted by Crippen LogP contribution is 2.24. The summed E-state index contributed by atoms with van der Waals surface area (Å²) < 4.78 is 0. The predicted octanol–water partition coefficient (Wildman–Crippen LogP) is 3.05. The highest BCUT2D eigenvalue weighted by Gasteiger charge is 2.06. The summed E-state index contributed by atoms with van der Waals surface area (Å²) in [6.07, 6.45) is 1.73. The monoisotopic (exact) mass is 227 g/mol. The van der Waals surface area contributed by atoms with Gasteiger partial charge in [-0.25, -0.2) is 4.98 Å². The molecule has 0 radical (unpaired) electrons. The van der Waals surface area contributed by atoms with Gasteiger partial charge in [-0.05, 0) is 43.2 Å². The van der Waals surface area contributed by atoms with Crippen LogP contribution in [0.15, 0.2) is 36.5 Å². The number of pyridine rings is 1. The van der Waals surface area contributed by atoms with E-state index in [2.05, 4.69) is 37.0 Å². The van der Waals surface area contributed by atoms with Gasteiger partial charge in [0.15, 0.2) is 0 Å². The molecule has 1 aromatic carbocycles. The molecule has 0 bridgehead atoms. The van der Waals surface area contributed by atoms with Gasteiger partial charge in [0.2, 0.25) is 0 Å². The number of nitrogen functional groups attached to an aromatic ring is 1. The normalized spacial score (nSPS) is 10.3. The average molecular weight is 227 g/mol. The van der Waals surface area contributed by atoms with Crippen LogP contribution in [0, 0.1) is 13.8 Å². The van der Waals surface area contributed by atoms with Crippen molar-refractivity contribution < 1.29 is 0 Å². The molecule has 2 rings (SSSR count). The summed E-state index contributed by atoms with van der Waals surface area (Å²) >= 11 is 0. The summed E-state index contributed by atoms with van der Waals surface area (Å²) in [5.74, 6) is 0.856. The maximum Gasteiger partial charge on any atom is 0.134 e. The Bertz CT molecular complexity index is 514. The largest absolute Gasteiger partial charge is 0.399 e. The van der Waals surface area contributed by atoms with Crippen LogP contribution in [-0.4, -0.2) is 12.0 Å². The van der Waals surface area contributed by atoms with Crippen molar-refractivity contribution in [1.29, 1.82) is 0 Å². The van der Waals surface area contributed by atoms with Crippen LogP contribution in [0.3, 0.4) is 0 Å². The first-order chi connectivity index (χ1) is 8.06. The molecule has 0 aliphatic heterocycles. The molecule has 1 heterocycles. The molecule has 0 saturated heterocycles. The quantitative estimate of drug-likeness (QED) is 0.857. The smallest absolute Gasteiger partial charge is 0.134 e. The van der Waals surface area contributed by atoms with Crippen LogP contribution in [0.2, 0.25) is 0 Å². The van der Waals surface area contributed by atoms with Gasteiger partial charge in [-0.3, -0.25) is 0 Å². The fourth-order valence-corrected chi connectivity index (χ4v) is 1.89. The number of hydrogen-bond donors (Lipinski definition) is 1. The summed E-state index contributed by atoms with van der Waals surface area (Å²) in [5, 5.41) is 0. The lowest BCUT2D eigenvalue weighted by molar-refractivity contribution is 1.12. The third-order valence-electron chi connectivity index (χ3n) is 2.71. The van der Waals surface area contributed by atoms with Crippen LogP contribution >= 0.6 is 0 Å². The SMILES string of the molecule is Cc1cc(C)cc(N(C)c2cc(N)ccn2)c1. The molecule has 0 fully saturated rings. The second-order valence-corrected chi connectivity index (χ2v) is 4.35. The van der Waals surface area contributed by atoms with Gasteiger partial charge in [0, 0.05) is 30.7 Å². The Morgan fingerprint density at radius 2 is 1.71 bits per heavy atom. The van der Waals surface area contributed by atoms with Crippen molar-refractivity contribution >= 4 is 17.2 Å². The topological polar surface area (TPSA) is 42.1 Å². The fourth-order valence-electron chi connectivity index (χ4n) is 1.89. The number of hydrogen-bond acceptors (Lipinski definition) is 3. The first kappa shape index (κ1) is 11.5. The Morgan fingerprint density at radius 1 is 1.06 bits per heavy atom. The van der Waals surface area contributed by atoms with Gasteiger partial charge in [0.05, 0.1) is 0 Å². The van der Waals surface area contributed by atoms with Gasteiger partial charge in [-0.15, -0.1) is 0 Å². The zero-order chi connectivity index (χ0) is 12.4. The number of nitrogens with zero attached hydrogens (tertiary/aromatic N) is 2. The van der Waals surface area contributed by atoms with Gasteiger partial charge in [-0.1, -0.05) is 6.07 Å². The summed E-state index contributed by atoms with van der Waals surface area (Å²) in [4.78, 5) is 6.36. The molecule has 17 heavy (non-hydrogen) atoms. The molecular formula is C14H17N3. The summed E-state index contributed by atoms with van der Waals surface area (Å²) in [7, 11) is 2.00. The molecule has 88 valence electrons. The minimum absolute atomic E-state index is 0.728. The Morgan fingerprint density at radius 3 is 2.29 bits per heavy atom. The fraction of sp³-hybridized carbons (Fsp3) is 0.214. The van der Waals surface area contributed by atoms with Crippen molar-refractivity contribution in [2.75, 3.05) is 17.7 Å². The van der Waals surface area contributed by atoms with E-state index in [1.54, 1.807) is 12.3 Å². The minimum atomic E-state index is 0.728. The van der Waals surface area contributed by atoms with Gasteiger partial charge in [-0.2, -0.15) is 0 Å². The van der Waals surface area contributed by atoms with E-state index in [1.165, 1.54) is 11.1 Å². The van der Waals surface area contributed by atoms with E-state index in [4.69, 9.17) is 5.73 Å². The highest BCUT2D eigenvalue weighted by molar-refractivity contribution is 5.63. The molecule has 1 aromatic heterocycles. The Balaban J connectivity index is 2.39. The number of nitrogens with two attached hydrogens (primary N) is 1. The summed E-state index contributed by atoms with van der Waals surface area (Å²) in [6.45, 7) is 4.19. The predicted molar refractivity (Wildman–Crippen MR) is 72.6 cm³/mol. The number of anilines is 3. The molecule has 0 atom stereocenters. The molecule has 2 aromatic rings. The van der Waals surface area contributed by atoms with Crippen molar-refractivity contribution in [3.63, 3.8) is 0 Å². The van der Waals surface area contributed by atoms with Crippen molar-refractivity contribution in [1.82, 2.24) is 4.98 Å². The maximum absolute atomic E-state index is 5.77. The van der Waals surface area contributed by atoms with E-state index < -0.39 is 0 Å². The van der Waals surface area contributed by atoms with Crippen molar-refractivity contribution in [3.8, 4) is 0 Å². The molecule has 0 unspecified atom stereocenters. The van der Waals surface area contributed by atoms with Gasteiger partial charge in [0.25, 0.3) is 0 Å². The molecule has 0 spiro atoms.